The number of rotatable bonds is 6. The fourth-order valence-electron chi connectivity index (χ4n) is 4.60. The first-order chi connectivity index (χ1) is 14.5. The zero-order valence-corrected chi connectivity index (χ0v) is 18.8. The van der Waals surface area contributed by atoms with Gasteiger partial charge in [-0.25, -0.2) is 13.1 Å². The molecule has 0 saturated carbocycles. The Kier molecular flexibility index (Phi) is 6.34. The lowest BCUT2D eigenvalue weighted by Crippen LogP contribution is -2.29. The molecule has 1 aliphatic heterocycles. The van der Waals surface area contributed by atoms with Crippen LogP contribution in [0.1, 0.15) is 61.8 Å². The van der Waals surface area contributed by atoms with Crippen LogP contribution in [0.4, 0.5) is 5.69 Å². The summed E-state index contributed by atoms with van der Waals surface area (Å²) >= 11 is 0. The predicted octanol–water partition coefficient (Wildman–Crippen LogP) is 4.60. The van der Waals surface area contributed by atoms with Gasteiger partial charge in [0.15, 0.2) is 0 Å². The first kappa shape index (κ1) is 21.2. The molecule has 0 spiro atoms. The van der Waals surface area contributed by atoms with E-state index in [0.717, 1.165) is 49.9 Å². The summed E-state index contributed by atoms with van der Waals surface area (Å²) in [5.41, 5.74) is 4.50. The van der Waals surface area contributed by atoms with Crippen molar-refractivity contribution in [3.63, 3.8) is 0 Å². The lowest BCUT2D eigenvalue weighted by molar-refractivity contribution is 0.400. The molecule has 30 heavy (non-hydrogen) atoms. The molecule has 1 atom stereocenters. The number of aryl methyl sites for hydroxylation is 2. The maximum Gasteiger partial charge on any atom is 0.244 e. The van der Waals surface area contributed by atoms with Crippen LogP contribution < -0.4 is 14.4 Å². The van der Waals surface area contributed by atoms with E-state index in [1.807, 2.05) is 31.2 Å². The van der Waals surface area contributed by atoms with Crippen LogP contribution in [-0.2, 0) is 22.9 Å². The van der Waals surface area contributed by atoms with E-state index in [1.165, 1.54) is 37.6 Å². The number of anilines is 1. The van der Waals surface area contributed by atoms with Gasteiger partial charge in [-0.05, 0) is 92.8 Å². The van der Waals surface area contributed by atoms with Crippen LogP contribution >= 0.6 is 0 Å². The molecule has 0 amide bonds. The van der Waals surface area contributed by atoms with Gasteiger partial charge < -0.3 is 9.64 Å². The van der Waals surface area contributed by atoms with E-state index in [1.54, 1.807) is 0 Å². The Hall–Kier alpha value is -2.05. The Balaban J connectivity index is 1.53. The SMILES string of the molecule is COc1cc2c(cc1S(=O)(=O)N[C@@H](C)c1ccc(N3CCCCC3)cc1)CCCC2. The summed E-state index contributed by atoms with van der Waals surface area (Å²) in [6, 6.07) is 11.6. The van der Waals surface area contributed by atoms with E-state index in [9.17, 15) is 8.42 Å². The fraction of sp³-hybridized carbons (Fsp3) is 0.500. The fourth-order valence-corrected chi connectivity index (χ4v) is 6.03. The van der Waals surface area contributed by atoms with Gasteiger partial charge in [-0.2, -0.15) is 0 Å². The van der Waals surface area contributed by atoms with Crippen molar-refractivity contribution in [3.05, 3.63) is 53.1 Å². The minimum Gasteiger partial charge on any atom is -0.495 e. The summed E-state index contributed by atoms with van der Waals surface area (Å²) in [5.74, 6) is 0.427. The van der Waals surface area contributed by atoms with Gasteiger partial charge in [0.2, 0.25) is 10.0 Å². The largest absolute Gasteiger partial charge is 0.495 e. The van der Waals surface area contributed by atoms with Gasteiger partial charge in [-0.3, -0.25) is 0 Å². The minimum absolute atomic E-state index is 0.238. The number of nitrogens with zero attached hydrogens (tertiary/aromatic N) is 1. The van der Waals surface area contributed by atoms with Gasteiger partial charge in [0, 0.05) is 24.8 Å². The maximum absolute atomic E-state index is 13.2. The second-order valence-corrected chi connectivity index (χ2v) is 10.1. The monoisotopic (exact) mass is 428 g/mol. The van der Waals surface area contributed by atoms with Gasteiger partial charge in [-0.15, -0.1) is 0 Å². The van der Waals surface area contributed by atoms with Crippen molar-refractivity contribution in [1.29, 1.82) is 0 Å². The summed E-state index contributed by atoms with van der Waals surface area (Å²) in [4.78, 5) is 2.64. The van der Waals surface area contributed by atoms with Crippen molar-refractivity contribution in [2.75, 3.05) is 25.1 Å². The molecule has 0 bridgehead atoms. The third-order valence-electron chi connectivity index (χ3n) is 6.36. The third kappa shape index (κ3) is 4.49. The number of benzene rings is 2. The normalized spacial score (nSPS) is 18.0. The first-order valence-electron chi connectivity index (χ1n) is 11.0. The van der Waals surface area contributed by atoms with E-state index in [2.05, 4.69) is 21.8 Å². The quantitative estimate of drug-likeness (QED) is 0.730. The van der Waals surface area contributed by atoms with E-state index in [4.69, 9.17) is 4.74 Å². The molecule has 6 heteroatoms. The molecule has 0 unspecified atom stereocenters. The van der Waals surface area contributed by atoms with E-state index in [0.29, 0.717) is 5.75 Å². The zero-order valence-electron chi connectivity index (χ0n) is 18.0. The van der Waals surface area contributed by atoms with Crippen LogP contribution in [0.15, 0.2) is 41.3 Å². The molecule has 162 valence electrons. The first-order valence-corrected chi connectivity index (χ1v) is 12.5. The highest BCUT2D eigenvalue weighted by atomic mass is 32.2. The number of fused-ring (bicyclic) bond motifs is 1. The molecule has 4 rings (SSSR count). The summed E-state index contributed by atoms with van der Waals surface area (Å²) in [7, 11) is -2.17. The lowest BCUT2D eigenvalue weighted by Gasteiger charge is -2.29. The molecule has 2 aromatic rings. The molecule has 2 aromatic carbocycles. The third-order valence-corrected chi connectivity index (χ3v) is 7.93. The molecular formula is C24H32N2O3S. The molecular weight excluding hydrogens is 396 g/mol. The molecule has 1 aliphatic carbocycles. The number of hydrogen-bond donors (Lipinski definition) is 1. The molecule has 1 N–H and O–H groups in total. The average molecular weight is 429 g/mol. The standard InChI is InChI=1S/C24H32N2O3S/c1-18(19-10-12-22(13-11-19)26-14-6-3-7-15-26)25-30(27,28)24-17-21-9-5-4-8-20(21)16-23(24)29-2/h10-13,16-18,25H,3-9,14-15H2,1-2H3/t18-/m0/s1. The number of hydrogen-bond acceptors (Lipinski definition) is 4. The molecule has 1 fully saturated rings. The minimum atomic E-state index is -3.70. The molecule has 1 heterocycles. The second kappa shape index (κ2) is 8.98. The maximum atomic E-state index is 13.2. The number of piperidine rings is 1. The summed E-state index contributed by atoms with van der Waals surface area (Å²) in [6.07, 6.45) is 7.94. The van der Waals surface area contributed by atoms with Crippen molar-refractivity contribution < 1.29 is 13.2 Å². The van der Waals surface area contributed by atoms with Crippen molar-refractivity contribution in [2.24, 2.45) is 0 Å². The number of nitrogens with one attached hydrogen (secondary N) is 1. The Morgan fingerprint density at radius 3 is 2.20 bits per heavy atom. The van der Waals surface area contributed by atoms with Crippen LogP contribution in [0, 0.1) is 0 Å². The topological polar surface area (TPSA) is 58.6 Å². The number of ether oxygens (including phenoxy) is 1. The Morgan fingerprint density at radius 2 is 1.57 bits per heavy atom. The average Bonchev–Trinajstić information content (AvgIpc) is 2.78. The van der Waals surface area contributed by atoms with Gasteiger partial charge in [0.1, 0.15) is 10.6 Å². The van der Waals surface area contributed by atoms with Gasteiger partial charge in [0.05, 0.1) is 7.11 Å². The highest BCUT2D eigenvalue weighted by Crippen LogP contribution is 2.33. The summed E-state index contributed by atoms with van der Waals surface area (Å²) in [6.45, 7) is 4.08. The van der Waals surface area contributed by atoms with Gasteiger partial charge in [0.25, 0.3) is 0 Å². The second-order valence-electron chi connectivity index (χ2n) is 8.46. The van der Waals surface area contributed by atoms with Crippen LogP contribution in [0.2, 0.25) is 0 Å². The van der Waals surface area contributed by atoms with Crippen LogP contribution in [0.25, 0.3) is 0 Å². The van der Waals surface area contributed by atoms with Crippen molar-refractivity contribution in [2.45, 2.75) is 62.8 Å². The van der Waals surface area contributed by atoms with Gasteiger partial charge in [-0.1, -0.05) is 12.1 Å². The summed E-state index contributed by atoms with van der Waals surface area (Å²) in [5, 5.41) is 0. The Morgan fingerprint density at radius 1 is 0.933 bits per heavy atom. The zero-order chi connectivity index (χ0) is 21.1. The Bertz CT molecular complexity index is 980. The van der Waals surface area contributed by atoms with Crippen molar-refractivity contribution >= 4 is 15.7 Å². The highest BCUT2D eigenvalue weighted by Gasteiger charge is 2.25. The van der Waals surface area contributed by atoms with Crippen LogP contribution in [0.5, 0.6) is 5.75 Å². The molecule has 2 aliphatic rings. The van der Waals surface area contributed by atoms with Crippen LogP contribution in [-0.4, -0.2) is 28.6 Å². The molecule has 5 nitrogen and oxygen atoms in total. The van der Waals surface area contributed by atoms with E-state index in [-0.39, 0.29) is 10.9 Å². The van der Waals surface area contributed by atoms with Crippen molar-refractivity contribution in [1.82, 2.24) is 4.72 Å². The predicted molar refractivity (Wildman–Crippen MR) is 121 cm³/mol. The van der Waals surface area contributed by atoms with Crippen molar-refractivity contribution in [3.8, 4) is 5.75 Å². The molecule has 0 radical (unpaired) electrons. The highest BCUT2D eigenvalue weighted by molar-refractivity contribution is 7.89. The summed E-state index contributed by atoms with van der Waals surface area (Å²) < 4.78 is 34.7. The van der Waals surface area contributed by atoms with Crippen LogP contribution in [0.3, 0.4) is 0 Å². The van der Waals surface area contributed by atoms with E-state index < -0.39 is 10.0 Å². The number of sulfonamides is 1. The van der Waals surface area contributed by atoms with E-state index >= 15 is 0 Å². The molecule has 0 aromatic heterocycles. The Labute approximate surface area is 180 Å². The van der Waals surface area contributed by atoms with Gasteiger partial charge >= 0.3 is 0 Å². The lowest BCUT2D eigenvalue weighted by atomic mass is 9.92. The number of methoxy groups -OCH3 is 1. The smallest absolute Gasteiger partial charge is 0.244 e. The molecule has 1 saturated heterocycles.